The van der Waals surface area contributed by atoms with Crippen molar-refractivity contribution >= 4 is 23.4 Å². The van der Waals surface area contributed by atoms with Crippen LogP contribution in [0, 0.1) is 5.92 Å². The molecule has 0 bridgehead atoms. The second kappa shape index (κ2) is 9.44. The van der Waals surface area contributed by atoms with Crippen LogP contribution in [-0.4, -0.2) is 67.6 Å². The number of ketones is 1. The average Bonchev–Trinajstić information content (AvgIpc) is 3.29. The highest BCUT2D eigenvalue weighted by atomic mass is 16.5. The van der Waals surface area contributed by atoms with E-state index in [2.05, 4.69) is 10.4 Å². The summed E-state index contributed by atoms with van der Waals surface area (Å²) in [7, 11) is 1.63. The summed E-state index contributed by atoms with van der Waals surface area (Å²) in [4.78, 5) is 15.0. The van der Waals surface area contributed by atoms with E-state index in [1.165, 1.54) is 0 Å². The number of carbonyl (C=O) groups excluding carboxylic acids is 1. The standard InChI is InChI=1S/C22H28N6O3/c1-30-21-12-15(6-7-17(21)20(29)14-27-8-10-31-11-9-27)28-13-19(25-26-28)22(24)16-4-2-3-5-18(16)23/h2-7,12-13,17,21,25-26H,8-11,14H2,1H3,(H3,23,24)/p+2. The van der Waals surface area contributed by atoms with Crippen LogP contribution >= 0.6 is 0 Å². The van der Waals surface area contributed by atoms with Crippen LogP contribution < -0.4 is 22.4 Å². The van der Waals surface area contributed by atoms with Crippen molar-refractivity contribution in [1.82, 2.24) is 10.4 Å². The molecular formula is C22H30N6O3+2. The van der Waals surface area contributed by atoms with E-state index < -0.39 is 0 Å². The summed E-state index contributed by atoms with van der Waals surface area (Å²) in [6.45, 7) is 3.32. The Morgan fingerprint density at radius 3 is 2.87 bits per heavy atom. The molecule has 0 radical (unpaired) electrons. The van der Waals surface area contributed by atoms with Gasteiger partial charge in [0.2, 0.25) is 11.4 Å². The Bertz CT molecular complexity index is 962. The number of morpholine rings is 1. The van der Waals surface area contributed by atoms with Crippen LogP contribution in [0.25, 0.3) is 5.70 Å². The first-order chi connectivity index (χ1) is 15.1. The van der Waals surface area contributed by atoms with Crippen molar-refractivity contribution in [3.05, 3.63) is 59.5 Å². The molecule has 164 valence electrons. The lowest BCUT2D eigenvalue weighted by atomic mass is 9.91. The number of hydrogen-bond acceptors (Lipinski definition) is 7. The lowest BCUT2D eigenvalue weighted by molar-refractivity contribution is -0.814. The molecule has 0 amide bonds. The van der Waals surface area contributed by atoms with Crippen molar-refractivity contribution in [3.63, 3.8) is 0 Å². The smallest absolute Gasteiger partial charge is 0.270 e. The number of nitrogens with two attached hydrogens (primary N) is 3. The van der Waals surface area contributed by atoms with Crippen molar-refractivity contribution in [1.29, 1.82) is 0 Å². The molecule has 1 aromatic rings. The van der Waals surface area contributed by atoms with Gasteiger partial charge in [0, 0.05) is 43.6 Å². The predicted molar refractivity (Wildman–Crippen MR) is 117 cm³/mol. The van der Waals surface area contributed by atoms with Gasteiger partial charge in [-0.1, -0.05) is 24.3 Å². The monoisotopic (exact) mass is 426 g/mol. The van der Waals surface area contributed by atoms with Gasteiger partial charge >= 0.3 is 0 Å². The Balaban J connectivity index is 1.49. The van der Waals surface area contributed by atoms with E-state index in [9.17, 15) is 4.79 Å². The third-order valence-electron chi connectivity index (χ3n) is 5.76. The third kappa shape index (κ3) is 4.70. The number of para-hydroxylation sites is 1. The summed E-state index contributed by atoms with van der Waals surface area (Å²) in [5.74, 6) is -0.165. The maximum atomic E-state index is 12.9. The maximum absolute atomic E-state index is 12.9. The number of rotatable bonds is 6. The molecule has 7 N–H and O–H groups in total. The molecule has 1 fully saturated rings. The van der Waals surface area contributed by atoms with E-state index in [0.717, 1.165) is 30.0 Å². The number of nitrogen functional groups attached to an aromatic ring is 1. The van der Waals surface area contributed by atoms with E-state index in [-0.39, 0.29) is 17.8 Å². The number of hydrazone groups is 1. The Hall–Kier alpha value is -2.98. The number of hydrogen-bond donors (Lipinski definition) is 4. The van der Waals surface area contributed by atoms with E-state index in [1.807, 2.05) is 58.8 Å². The molecule has 31 heavy (non-hydrogen) atoms. The molecule has 2 heterocycles. The SMILES string of the molecule is COC1C=C([N+]2=CC(=C(N)c3ccccc3N)[NH2+]N2)C=CC1C(=O)CN1CCOCC1. The molecule has 1 aromatic carbocycles. The number of benzene rings is 1. The molecule has 3 aliphatic rings. The Morgan fingerprint density at radius 1 is 1.35 bits per heavy atom. The highest BCUT2D eigenvalue weighted by Gasteiger charge is 2.34. The number of Topliss-reactive ketones (excluding diaryl/α,β-unsaturated/α-hetero) is 1. The fraction of sp³-hybridized carbons (Fsp3) is 0.364. The van der Waals surface area contributed by atoms with Crippen molar-refractivity contribution < 1.29 is 24.4 Å². The van der Waals surface area contributed by atoms with Gasteiger partial charge in [-0.15, -0.1) is 0 Å². The van der Waals surface area contributed by atoms with Gasteiger partial charge in [-0.3, -0.25) is 9.69 Å². The van der Waals surface area contributed by atoms with Gasteiger partial charge in [-0.05, 0) is 16.3 Å². The minimum atomic E-state index is -0.334. The number of ether oxygens (including phenoxy) is 2. The first-order valence-corrected chi connectivity index (χ1v) is 10.4. The number of hydrazine groups is 1. The van der Waals surface area contributed by atoms with Gasteiger partial charge in [-0.2, -0.15) is 5.43 Å². The summed E-state index contributed by atoms with van der Waals surface area (Å²) in [6.07, 6.45) is 7.38. The molecule has 0 spiro atoms. The normalized spacial score (nSPS) is 25.6. The van der Waals surface area contributed by atoms with Gasteiger partial charge in [0.1, 0.15) is 5.70 Å². The second-order valence-corrected chi connectivity index (χ2v) is 7.76. The van der Waals surface area contributed by atoms with Crippen LogP contribution in [0.3, 0.4) is 0 Å². The van der Waals surface area contributed by atoms with Crippen LogP contribution in [-0.2, 0) is 14.3 Å². The Kier molecular flexibility index (Phi) is 6.47. The number of methoxy groups -OCH3 is 1. The minimum absolute atomic E-state index is 0.148. The van der Waals surface area contributed by atoms with Gasteiger partial charge in [0.05, 0.1) is 31.8 Å². The van der Waals surface area contributed by atoms with E-state index in [1.54, 1.807) is 7.11 Å². The van der Waals surface area contributed by atoms with E-state index in [0.29, 0.717) is 31.1 Å². The number of quaternary nitrogens is 1. The molecule has 2 aliphatic heterocycles. The summed E-state index contributed by atoms with van der Waals surface area (Å²) in [5, 5.41) is 0. The number of anilines is 1. The zero-order valence-corrected chi connectivity index (χ0v) is 17.7. The van der Waals surface area contributed by atoms with Gasteiger partial charge in [0.15, 0.2) is 5.78 Å². The first-order valence-electron chi connectivity index (χ1n) is 10.4. The van der Waals surface area contributed by atoms with Crippen molar-refractivity contribution in [2.45, 2.75) is 6.10 Å². The first kappa shape index (κ1) is 21.3. The van der Waals surface area contributed by atoms with Crippen LogP contribution in [0.1, 0.15) is 5.56 Å². The van der Waals surface area contributed by atoms with Crippen molar-refractivity contribution in [2.75, 3.05) is 45.7 Å². The van der Waals surface area contributed by atoms with Crippen molar-refractivity contribution in [2.24, 2.45) is 11.7 Å². The van der Waals surface area contributed by atoms with Crippen molar-refractivity contribution in [3.8, 4) is 0 Å². The summed E-state index contributed by atoms with van der Waals surface area (Å²) in [6, 6.07) is 7.51. The summed E-state index contributed by atoms with van der Waals surface area (Å²) in [5.41, 5.74) is 21.1. The molecule has 9 nitrogen and oxygen atoms in total. The zero-order chi connectivity index (χ0) is 21.8. The van der Waals surface area contributed by atoms with Crippen LogP contribution in [0.5, 0.6) is 0 Å². The van der Waals surface area contributed by atoms with Crippen LogP contribution in [0.15, 0.2) is 53.9 Å². The fourth-order valence-corrected chi connectivity index (χ4v) is 3.94. The second-order valence-electron chi connectivity index (χ2n) is 7.76. The van der Waals surface area contributed by atoms with Crippen LogP contribution in [0.4, 0.5) is 5.69 Å². The number of allylic oxidation sites excluding steroid dienone is 2. The third-order valence-corrected chi connectivity index (χ3v) is 5.76. The molecule has 2 atom stereocenters. The lowest BCUT2D eigenvalue weighted by Crippen LogP contribution is -2.90. The molecular weight excluding hydrogens is 396 g/mol. The number of nitrogens with zero attached hydrogens (tertiary/aromatic N) is 2. The van der Waals surface area contributed by atoms with Crippen LogP contribution in [0.2, 0.25) is 0 Å². The fourth-order valence-electron chi connectivity index (χ4n) is 3.94. The Labute approximate surface area is 181 Å². The lowest BCUT2D eigenvalue weighted by Gasteiger charge is -2.28. The number of carbonyl (C=O) groups is 1. The molecule has 0 aromatic heterocycles. The quantitative estimate of drug-likeness (QED) is 0.260. The van der Waals surface area contributed by atoms with E-state index >= 15 is 0 Å². The molecule has 9 heteroatoms. The molecule has 1 aliphatic carbocycles. The summed E-state index contributed by atoms with van der Waals surface area (Å²) < 4.78 is 12.9. The van der Waals surface area contributed by atoms with E-state index in [4.69, 9.17) is 20.9 Å². The van der Waals surface area contributed by atoms with Gasteiger partial charge < -0.3 is 20.9 Å². The average molecular weight is 427 g/mol. The molecule has 1 saturated heterocycles. The molecule has 0 saturated carbocycles. The summed E-state index contributed by atoms with van der Waals surface area (Å²) >= 11 is 0. The van der Waals surface area contributed by atoms with Gasteiger partial charge in [-0.25, -0.2) is 0 Å². The predicted octanol–water partition coefficient (Wildman–Crippen LogP) is -1.04. The zero-order valence-electron chi connectivity index (χ0n) is 17.7. The number of nitrogens with one attached hydrogen (secondary N) is 1. The largest absolute Gasteiger partial charge is 0.398 e. The minimum Gasteiger partial charge on any atom is -0.398 e. The Morgan fingerprint density at radius 2 is 2.13 bits per heavy atom. The highest BCUT2D eigenvalue weighted by Crippen LogP contribution is 2.22. The molecule has 4 rings (SSSR count). The highest BCUT2D eigenvalue weighted by molar-refractivity contribution is 5.88. The maximum Gasteiger partial charge on any atom is 0.270 e. The van der Waals surface area contributed by atoms with Gasteiger partial charge in [0.25, 0.3) is 6.21 Å². The topological polar surface area (TPSA) is 122 Å². The molecule has 2 unspecified atom stereocenters.